The fraction of sp³-hybridized carbons (Fsp3) is 0.533. The van der Waals surface area contributed by atoms with Gasteiger partial charge in [-0.3, -0.25) is 9.69 Å². The second kappa shape index (κ2) is 5.55. The van der Waals surface area contributed by atoms with Gasteiger partial charge in [0.1, 0.15) is 0 Å². The number of fused-ring (bicyclic) bond motifs is 1. The van der Waals surface area contributed by atoms with Crippen LogP contribution in [0.25, 0.3) is 0 Å². The number of piperazine rings is 1. The number of halogens is 2. The lowest BCUT2D eigenvalue weighted by Gasteiger charge is -2.41. The van der Waals surface area contributed by atoms with Gasteiger partial charge in [0.15, 0.2) is 0 Å². The molecule has 5 heteroatoms. The molecule has 2 saturated heterocycles. The molecule has 0 bridgehead atoms. The van der Waals surface area contributed by atoms with E-state index < -0.39 is 0 Å². The summed E-state index contributed by atoms with van der Waals surface area (Å²) in [5.74, 6) is 0.263. The smallest absolute Gasteiger partial charge is 0.239 e. The maximum absolute atomic E-state index is 12.4. The third-order valence-electron chi connectivity index (χ3n) is 4.38. The van der Waals surface area contributed by atoms with Crippen LogP contribution < -0.4 is 0 Å². The minimum absolute atomic E-state index is 0.0567. The molecule has 3 rings (SSSR count). The van der Waals surface area contributed by atoms with Crippen LogP contribution in [0.4, 0.5) is 0 Å². The van der Waals surface area contributed by atoms with Crippen LogP contribution in [0.2, 0.25) is 10.0 Å². The number of rotatable bonds is 2. The van der Waals surface area contributed by atoms with Gasteiger partial charge in [0, 0.05) is 25.7 Å². The Hall–Kier alpha value is -0.770. The van der Waals surface area contributed by atoms with Gasteiger partial charge in [-0.05, 0) is 37.5 Å². The molecule has 2 fully saturated rings. The molecular formula is C15H18Cl2N2O. The van der Waals surface area contributed by atoms with Crippen LogP contribution in [0.15, 0.2) is 18.2 Å². The average molecular weight is 313 g/mol. The molecule has 3 nitrogen and oxygen atoms in total. The molecule has 108 valence electrons. The SMILES string of the molecule is C[C@H]1C(=O)N2CCC[C@@H]2CN1Cc1ccc(Cl)c(Cl)c1. The summed E-state index contributed by atoms with van der Waals surface area (Å²) in [6, 6.07) is 6.02. The van der Waals surface area contributed by atoms with Crippen LogP contribution in [-0.2, 0) is 11.3 Å². The molecule has 2 atom stereocenters. The molecule has 2 aliphatic rings. The molecular weight excluding hydrogens is 295 g/mol. The molecule has 0 radical (unpaired) electrons. The van der Waals surface area contributed by atoms with Crippen LogP contribution in [-0.4, -0.2) is 40.9 Å². The van der Waals surface area contributed by atoms with Gasteiger partial charge in [0.05, 0.1) is 16.1 Å². The molecule has 0 spiro atoms. The normalized spacial score (nSPS) is 26.9. The van der Waals surface area contributed by atoms with E-state index in [9.17, 15) is 4.79 Å². The predicted molar refractivity (Wildman–Crippen MR) is 81.1 cm³/mol. The van der Waals surface area contributed by atoms with Crippen molar-refractivity contribution in [1.29, 1.82) is 0 Å². The minimum Gasteiger partial charge on any atom is -0.337 e. The lowest BCUT2D eigenvalue weighted by Crippen LogP contribution is -2.58. The fourth-order valence-corrected chi connectivity index (χ4v) is 3.54. The number of amides is 1. The van der Waals surface area contributed by atoms with Gasteiger partial charge >= 0.3 is 0 Å². The van der Waals surface area contributed by atoms with Crippen molar-refractivity contribution in [2.24, 2.45) is 0 Å². The largest absolute Gasteiger partial charge is 0.337 e. The Morgan fingerprint density at radius 2 is 2.10 bits per heavy atom. The minimum atomic E-state index is -0.0567. The number of carbonyl (C=O) groups is 1. The molecule has 20 heavy (non-hydrogen) atoms. The van der Waals surface area contributed by atoms with Crippen LogP contribution in [0, 0.1) is 0 Å². The van der Waals surface area contributed by atoms with E-state index in [1.807, 2.05) is 25.1 Å². The molecule has 1 aromatic rings. The van der Waals surface area contributed by atoms with Crippen molar-refractivity contribution in [2.75, 3.05) is 13.1 Å². The zero-order chi connectivity index (χ0) is 14.3. The van der Waals surface area contributed by atoms with Crippen molar-refractivity contribution in [1.82, 2.24) is 9.80 Å². The summed E-state index contributed by atoms with van der Waals surface area (Å²) >= 11 is 12.0. The quantitative estimate of drug-likeness (QED) is 0.837. The summed E-state index contributed by atoms with van der Waals surface area (Å²) in [5.41, 5.74) is 1.10. The number of nitrogens with zero attached hydrogens (tertiary/aromatic N) is 2. The highest BCUT2D eigenvalue weighted by Gasteiger charge is 2.39. The van der Waals surface area contributed by atoms with E-state index in [0.717, 1.165) is 38.0 Å². The van der Waals surface area contributed by atoms with E-state index in [2.05, 4.69) is 9.80 Å². The summed E-state index contributed by atoms with van der Waals surface area (Å²) in [6.07, 6.45) is 2.25. The first-order valence-corrected chi connectivity index (χ1v) is 7.80. The Kier molecular flexibility index (Phi) is 3.93. The van der Waals surface area contributed by atoms with Crippen molar-refractivity contribution in [3.63, 3.8) is 0 Å². The van der Waals surface area contributed by atoms with Crippen LogP contribution in [0.1, 0.15) is 25.3 Å². The van der Waals surface area contributed by atoms with Gasteiger partial charge in [-0.25, -0.2) is 0 Å². The number of hydrogen-bond acceptors (Lipinski definition) is 2. The van der Waals surface area contributed by atoms with Gasteiger partial charge in [-0.15, -0.1) is 0 Å². The highest BCUT2D eigenvalue weighted by molar-refractivity contribution is 6.42. The second-order valence-corrected chi connectivity index (χ2v) is 6.50. The van der Waals surface area contributed by atoms with Gasteiger partial charge in [0.25, 0.3) is 0 Å². The lowest BCUT2D eigenvalue weighted by atomic mass is 10.1. The Morgan fingerprint density at radius 1 is 1.30 bits per heavy atom. The number of hydrogen-bond donors (Lipinski definition) is 0. The molecule has 0 aromatic heterocycles. The highest BCUT2D eigenvalue weighted by Crippen LogP contribution is 2.28. The molecule has 1 amide bonds. The van der Waals surface area contributed by atoms with Gasteiger partial charge in [0.2, 0.25) is 5.91 Å². The molecule has 0 unspecified atom stereocenters. The maximum atomic E-state index is 12.4. The van der Waals surface area contributed by atoms with E-state index in [1.54, 1.807) is 0 Å². The molecule has 2 aliphatic heterocycles. The number of benzene rings is 1. The van der Waals surface area contributed by atoms with E-state index in [4.69, 9.17) is 23.2 Å². The zero-order valence-electron chi connectivity index (χ0n) is 11.5. The van der Waals surface area contributed by atoms with Crippen molar-refractivity contribution in [2.45, 2.75) is 38.4 Å². The maximum Gasteiger partial charge on any atom is 0.239 e. The topological polar surface area (TPSA) is 23.6 Å². The van der Waals surface area contributed by atoms with Crippen molar-refractivity contribution in [3.05, 3.63) is 33.8 Å². The predicted octanol–water partition coefficient (Wildman–Crippen LogP) is 3.19. The van der Waals surface area contributed by atoms with Crippen molar-refractivity contribution < 1.29 is 4.79 Å². The Balaban J connectivity index is 1.76. The van der Waals surface area contributed by atoms with Crippen LogP contribution in [0.3, 0.4) is 0 Å². The molecule has 1 aromatic carbocycles. The molecule has 0 N–H and O–H groups in total. The third-order valence-corrected chi connectivity index (χ3v) is 5.12. The first-order chi connectivity index (χ1) is 9.56. The molecule has 2 heterocycles. The number of carbonyl (C=O) groups excluding carboxylic acids is 1. The first-order valence-electron chi connectivity index (χ1n) is 7.04. The highest BCUT2D eigenvalue weighted by atomic mass is 35.5. The zero-order valence-corrected chi connectivity index (χ0v) is 13.0. The van der Waals surface area contributed by atoms with E-state index >= 15 is 0 Å². The van der Waals surface area contributed by atoms with Crippen LogP contribution >= 0.6 is 23.2 Å². The third kappa shape index (κ3) is 2.54. The van der Waals surface area contributed by atoms with Gasteiger partial charge < -0.3 is 4.90 Å². The van der Waals surface area contributed by atoms with Crippen molar-refractivity contribution in [3.8, 4) is 0 Å². The van der Waals surface area contributed by atoms with Crippen LogP contribution in [0.5, 0.6) is 0 Å². The summed E-state index contributed by atoms with van der Waals surface area (Å²) in [5, 5.41) is 1.14. The summed E-state index contributed by atoms with van der Waals surface area (Å²) in [7, 11) is 0. The Morgan fingerprint density at radius 3 is 2.85 bits per heavy atom. The average Bonchev–Trinajstić information content (AvgIpc) is 2.88. The van der Waals surface area contributed by atoms with Crippen molar-refractivity contribution >= 4 is 29.1 Å². The Labute approximate surface area is 129 Å². The lowest BCUT2D eigenvalue weighted by molar-refractivity contribution is -0.143. The summed E-state index contributed by atoms with van der Waals surface area (Å²) < 4.78 is 0. The Bertz CT molecular complexity index is 535. The monoisotopic (exact) mass is 312 g/mol. The standard InChI is InChI=1S/C15H18Cl2N2O/c1-10-15(20)19-6-2-3-12(19)9-18(10)8-11-4-5-13(16)14(17)7-11/h4-5,7,10,12H,2-3,6,8-9H2,1H3/t10-,12+/m0/s1. The van der Waals surface area contributed by atoms with E-state index in [0.29, 0.717) is 16.1 Å². The van der Waals surface area contributed by atoms with E-state index in [1.165, 1.54) is 0 Å². The molecule has 0 saturated carbocycles. The summed E-state index contributed by atoms with van der Waals surface area (Å²) in [6.45, 7) is 4.62. The fourth-order valence-electron chi connectivity index (χ4n) is 3.21. The van der Waals surface area contributed by atoms with Gasteiger partial charge in [-0.2, -0.15) is 0 Å². The first kappa shape index (κ1) is 14.2. The van der Waals surface area contributed by atoms with E-state index in [-0.39, 0.29) is 11.9 Å². The van der Waals surface area contributed by atoms with Gasteiger partial charge in [-0.1, -0.05) is 29.3 Å². The second-order valence-electron chi connectivity index (χ2n) is 5.68. The summed E-state index contributed by atoms with van der Waals surface area (Å²) in [4.78, 5) is 16.7. The molecule has 0 aliphatic carbocycles.